The number of rotatable bonds is 4. The minimum atomic E-state index is -2.81. The molecule has 0 aliphatic carbocycles. The van der Waals surface area contributed by atoms with E-state index in [1.807, 2.05) is 0 Å². The van der Waals surface area contributed by atoms with E-state index in [2.05, 4.69) is 0 Å². The molecule has 0 aliphatic rings. The molecule has 0 heterocycles. The summed E-state index contributed by atoms with van der Waals surface area (Å²) in [4.78, 5) is 10.1. The van der Waals surface area contributed by atoms with E-state index in [1.54, 1.807) is 6.92 Å². The number of hydrogen-bond donors (Lipinski definition) is 0. The Balaban J connectivity index is 4.10. The molecule has 0 saturated heterocycles. The van der Waals surface area contributed by atoms with Crippen LogP contribution in [0.25, 0.3) is 0 Å². The first-order valence-corrected chi connectivity index (χ1v) is 3.41. The van der Waals surface area contributed by atoms with Gasteiger partial charge in [0.1, 0.15) is 6.29 Å². The molecule has 0 aromatic carbocycles. The van der Waals surface area contributed by atoms with Crippen LogP contribution in [-0.2, 0) is 4.79 Å². The zero-order valence-electron chi connectivity index (χ0n) is 6.23. The SMILES string of the molecule is CCC(C=O)C(F)(F)CC. The maximum Gasteiger partial charge on any atom is 0.257 e. The van der Waals surface area contributed by atoms with Gasteiger partial charge in [0.05, 0.1) is 5.92 Å². The van der Waals surface area contributed by atoms with Gasteiger partial charge in [-0.2, -0.15) is 0 Å². The zero-order valence-corrected chi connectivity index (χ0v) is 6.23. The fourth-order valence-corrected chi connectivity index (χ4v) is 0.757. The van der Waals surface area contributed by atoms with E-state index in [4.69, 9.17) is 0 Å². The van der Waals surface area contributed by atoms with Gasteiger partial charge in [0.2, 0.25) is 0 Å². The quantitative estimate of drug-likeness (QED) is 0.562. The van der Waals surface area contributed by atoms with Crippen LogP contribution in [0.2, 0.25) is 0 Å². The molecule has 0 aliphatic heterocycles. The van der Waals surface area contributed by atoms with Crippen molar-refractivity contribution in [2.75, 3.05) is 0 Å². The molecule has 0 rings (SSSR count). The summed E-state index contributed by atoms with van der Waals surface area (Å²) in [5.41, 5.74) is 0. The molecule has 1 atom stereocenters. The van der Waals surface area contributed by atoms with Crippen LogP contribution in [0.4, 0.5) is 8.78 Å². The molecular weight excluding hydrogens is 138 g/mol. The smallest absolute Gasteiger partial charge is 0.257 e. The van der Waals surface area contributed by atoms with E-state index < -0.39 is 11.8 Å². The van der Waals surface area contributed by atoms with Gasteiger partial charge >= 0.3 is 0 Å². The average Bonchev–Trinajstić information content (AvgIpc) is 1.90. The molecule has 1 nitrogen and oxygen atoms in total. The fraction of sp³-hybridized carbons (Fsp3) is 0.857. The largest absolute Gasteiger partial charge is 0.303 e. The standard InChI is InChI=1S/C7H12F2O/c1-3-6(5-10)7(8,9)4-2/h5-6H,3-4H2,1-2H3. The summed E-state index contributed by atoms with van der Waals surface area (Å²) in [6.07, 6.45) is 0.290. The lowest BCUT2D eigenvalue weighted by Crippen LogP contribution is -2.27. The summed E-state index contributed by atoms with van der Waals surface area (Å²) in [6, 6.07) is 0. The lowest BCUT2D eigenvalue weighted by Gasteiger charge is -2.18. The van der Waals surface area contributed by atoms with Crippen LogP contribution in [0.15, 0.2) is 0 Å². The second-order valence-electron chi connectivity index (χ2n) is 2.27. The Labute approximate surface area is 59.4 Å². The first kappa shape index (κ1) is 9.53. The maximum atomic E-state index is 12.6. The molecule has 3 heteroatoms. The summed E-state index contributed by atoms with van der Waals surface area (Å²) >= 11 is 0. The molecule has 10 heavy (non-hydrogen) atoms. The van der Waals surface area contributed by atoms with Crippen LogP contribution in [0, 0.1) is 5.92 Å². The first-order chi connectivity index (χ1) is 4.58. The Hall–Kier alpha value is -0.470. The molecule has 0 bridgehead atoms. The fourth-order valence-electron chi connectivity index (χ4n) is 0.757. The molecule has 0 aromatic rings. The summed E-state index contributed by atoms with van der Waals surface area (Å²) in [5.74, 6) is -3.91. The Morgan fingerprint density at radius 3 is 2.10 bits per heavy atom. The number of alkyl halides is 2. The van der Waals surface area contributed by atoms with Crippen molar-refractivity contribution >= 4 is 6.29 Å². The van der Waals surface area contributed by atoms with Crippen molar-refractivity contribution in [1.82, 2.24) is 0 Å². The van der Waals surface area contributed by atoms with Crippen molar-refractivity contribution in [3.8, 4) is 0 Å². The number of hydrogen-bond acceptors (Lipinski definition) is 1. The molecule has 0 aromatic heterocycles. The van der Waals surface area contributed by atoms with Gasteiger partial charge in [-0.15, -0.1) is 0 Å². The predicted molar refractivity (Wildman–Crippen MR) is 35.1 cm³/mol. The van der Waals surface area contributed by atoms with Crippen molar-refractivity contribution in [2.24, 2.45) is 5.92 Å². The molecule has 1 unspecified atom stereocenters. The van der Waals surface area contributed by atoms with E-state index in [1.165, 1.54) is 6.92 Å². The van der Waals surface area contributed by atoms with Crippen LogP contribution in [0.5, 0.6) is 0 Å². The van der Waals surface area contributed by atoms with Gasteiger partial charge in [0.15, 0.2) is 0 Å². The van der Waals surface area contributed by atoms with Gasteiger partial charge < -0.3 is 4.79 Å². The normalized spacial score (nSPS) is 14.8. The minimum absolute atomic E-state index is 0.213. The second-order valence-corrected chi connectivity index (χ2v) is 2.27. The highest BCUT2D eigenvalue weighted by atomic mass is 19.3. The first-order valence-electron chi connectivity index (χ1n) is 3.41. The van der Waals surface area contributed by atoms with Crippen molar-refractivity contribution in [3.63, 3.8) is 0 Å². The third-order valence-electron chi connectivity index (χ3n) is 1.62. The van der Waals surface area contributed by atoms with Gasteiger partial charge in [-0.05, 0) is 6.42 Å². The molecule has 0 N–H and O–H groups in total. The third kappa shape index (κ3) is 2.05. The molecule has 0 fully saturated rings. The van der Waals surface area contributed by atoms with Crippen LogP contribution in [0.1, 0.15) is 26.7 Å². The monoisotopic (exact) mass is 150 g/mol. The highest BCUT2D eigenvalue weighted by Crippen LogP contribution is 2.28. The maximum absolute atomic E-state index is 12.6. The lowest BCUT2D eigenvalue weighted by molar-refractivity contribution is -0.125. The third-order valence-corrected chi connectivity index (χ3v) is 1.62. The van der Waals surface area contributed by atoms with Crippen molar-refractivity contribution in [1.29, 1.82) is 0 Å². The molecule has 0 radical (unpaired) electrons. The lowest BCUT2D eigenvalue weighted by atomic mass is 9.98. The van der Waals surface area contributed by atoms with E-state index in [0.717, 1.165) is 0 Å². The Kier molecular flexibility index (Phi) is 3.47. The van der Waals surface area contributed by atoms with Gasteiger partial charge in [-0.1, -0.05) is 13.8 Å². The topological polar surface area (TPSA) is 17.1 Å². The number of carbonyl (C=O) groups excluding carboxylic acids is 1. The van der Waals surface area contributed by atoms with Crippen LogP contribution in [-0.4, -0.2) is 12.2 Å². The van der Waals surface area contributed by atoms with Crippen molar-refractivity contribution in [2.45, 2.75) is 32.6 Å². The van der Waals surface area contributed by atoms with Gasteiger partial charge in [-0.3, -0.25) is 0 Å². The minimum Gasteiger partial charge on any atom is -0.303 e. The number of carbonyl (C=O) groups is 1. The zero-order chi connectivity index (χ0) is 8.20. The molecule has 60 valence electrons. The highest BCUT2D eigenvalue weighted by Gasteiger charge is 2.35. The summed E-state index contributed by atoms with van der Waals surface area (Å²) in [7, 11) is 0. The molecule has 0 saturated carbocycles. The summed E-state index contributed by atoms with van der Waals surface area (Å²) in [5, 5.41) is 0. The van der Waals surface area contributed by atoms with E-state index in [0.29, 0.717) is 6.29 Å². The van der Waals surface area contributed by atoms with E-state index in [-0.39, 0.29) is 12.8 Å². The van der Waals surface area contributed by atoms with Gasteiger partial charge in [0, 0.05) is 6.42 Å². The molecular formula is C7H12F2O. The average molecular weight is 150 g/mol. The molecule has 0 amide bonds. The van der Waals surface area contributed by atoms with Crippen molar-refractivity contribution < 1.29 is 13.6 Å². The van der Waals surface area contributed by atoms with Crippen LogP contribution < -0.4 is 0 Å². The van der Waals surface area contributed by atoms with Crippen LogP contribution in [0.3, 0.4) is 0 Å². The summed E-state index contributed by atoms with van der Waals surface area (Å²) in [6.45, 7) is 2.97. The Bertz CT molecular complexity index is 112. The predicted octanol–water partition coefficient (Wildman–Crippen LogP) is 2.26. The van der Waals surface area contributed by atoms with Gasteiger partial charge in [-0.25, -0.2) is 8.78 Å². The second kappa shape index (κ2) is 3.64. The summed E-state index contributed by atoms with van der Waals surface area (Å²) < 4.78 is 25.2. The van der Waals surface area contributed by atoms with Crippen molar-refractivity contribution in [3.05, 3.63) is 0 Å². The highest BCUT2D eigenvalue weighted by molar-refractivity contribution is 5.55. The molecule has 0 spiro atoms. The number of aldehydes is 1. The van der Waals surface area contributed by atoms with E-state index in [9.17, 15) is 13.6 Å². The van der Waals surface area contributed by atoms with Crippen LogP contribution >= 0.6 is 0 Å². The Morgan fingerprint density at radius 2 is 2.00 bits per heavy atom. The Morgan fingerprint density at radius 1 is 1.50 bits per heavy atom. The van der Waals surface area contributed by atoms with E-state index >= 15 is 0 Å². The number of halogens is 2. The van der Waals surface area contributed by atoms with Gasteiger partial charge in [0.25, 0.3) is 5.92 Å².